The van der Waals surface area contributed by atoms with Crippen LogP contribution in [0.1, 0.15) is 32.3 Å². The molecule has 0 amide bonds. The fraction of sp³-hybridized carbons (Fsp3) is 0.467. The van der Waals surface area contributed by atoms with E-state index in [-0.39, 0.29) is 5.41 Å². The van der Waals surface area contributed by atoms with Gasteiger partial charge >= 0.3 is 0 Å². The summed E-state index contributed by atoms with van der Waals surface area (Å²) in [6.45, 7) is 4.46. The molecule has 1 N–H and O–H groups in total. The van der Waals surface area contributed by atoms with Gasteiger partial charge in [-0.25, -0.2) is 0 Å². The third-order valence-corrected chi connectivity index (χ3v) is 3.24. The molecule has 0 aromatic heterocycles. The van der Waals surface area contributed by atoms with Crippen molar-refractivity contribution in [1.29, 1.82) is 0 Å². The summed E-state index contributed by atoms with van der Waals surface area (Å²) in [6.07, 6.45) is 5.05. The van der Waals surface area contributed by atoms with Crippen LogP contribution in [0, 0.1) is 11.3 Å². The molecule has 1 aromatic carbocycles. The molecule has 0 radical (unpaired) electrons. The molecule has 1 aliphatic rings. The van der Waals surface area contributed by atoms with Gasteiger partial charge in [0.05, 0.1) is 5.76 Å². The van der Waals surface area contributed by atoms with E-state index < -0.39 is 0 Å². The number of aliphatic hydroxyl groups is 1. The van der Waals surface area contributed by atoms with Crippen molar-refractivity contribution in [2.45, 2.75) is 33.1 Å². The maximum atomic E-state index is 9.75. The van der Waals surface area contributed by atoms with Crippen LogP contribution in [0.5, 0.6) is 0 Å². The van der Waals surface area contributed by atoms with Crippen LogP contribution >= 0.6 is 0 Å². The Balaban J connectivity index is 2.08. The Hall–Kier alpha value is -1.24. The predicted molar refractivity (Wildman–Crippen MR) is 67.4 cm³/mol. The van der Waals surface area contributed by atoms with Gasteiger partial charge in [0, 0.05) is 6.42 Å². The largest absolute Gasteiger partial charge is 0.513 e. The van der Waals surface area contributed by atoms with Crippen molar-refractivity contribution < 1.29 is 5.11 Å². The van der Waals surface area contributed by atoms with Gasteiger partial charge in [-0.2, -0.15) is 0 Å². The molecule has 0 saturated carbocycles. The number of allylic oxidation sites excluding steroid dienone is 2. The van der Waals surface area contributed by atoms with Crippen LogP contribution in [0.4, 0.5) is 0 Å². The third kappa shape index (κ3) is 2.88. The van der Waals surface area contributed by atoms with Crippen LogP contribution in [0.2, 0.25) is 0 Å². The smallest absolute Gasteiger partial charge is 0.0891 e. The summed E-state index contributed by atoms with van der Waals surface area (Å²) in [5, 5.41) is 9.75. The molecule has 1 nitrogen and oxygen atoms in total. The highest BCUT2D eigenvalue weighted by molar-refractivity contribution is 5.18. The summed E-state index contributed by atoms with van der Waals surface area (Å²) >= 11 is 0. The Morgan fingerprint density at radius 2 is 1.94 bits per heavy atom. The first-order chi connectivity index (χ1) is 7.55. The van der Waals surface area contributed by atoms with Gasteiger partial charge in [-0.3, -0.25) is 0 Å². The van der Waals surface area contributed by atoms with Crippen molar-refractivity contribution in [1.82, 2.24) is 0 Å². The van der Waals surface area contributed by atoms with Crippen LogP contribution in [0.3, 0.4) is 0 Å². The third-order valence-electron chi connectivity index (χ3n) is 3.24. The number of rotatable bonds is 2. The van der Waals surface area contributed by atoms with E-state index in [4.69, 9.17) is 0 Å². The number of hydrogen-bond donors (Lipinski definition) is 1. The van der Waals surface area contributed by atoms with Gasteiger partial charge in [0.2, 0.25) is 0 Å². The molecular weight excluding hydrogens is 196 g/mol. The van der Waals surface area contributed by atoms with Gasteiger partial charge in [-0.1, -0.05) is 44.2 Å². The van der Waals surface area contributed by atoms with Gasteiger partial charge < -0.3 is 5.11 Å². The average Bonchev–Trinajstić information content (AvgIpc) is 2.15. The van der Waals surface area contributed by atoms with Crippen LogP contribution in [0.25, 0.3) is 0 Å². The number of aliphatic hydroxyl groups excluding tert-OH is 1. The highest BCUT2D eigenvalue weighted by Gasteiger charge is 2.28. The molecule has 0 fully saturated rings. The normalized spacial score (nSPS) is 23.9. The quantitative estimate of drug-likeness (QED) is 0.788. The lowest BCUT2D eigenvalue weighted by molar-refractivity contribution is 0.214. The van der Waals surface area contributed by atoms with E-state index in [0.29, 0.717) is 11.7 Å². The monoisotopic (exact) mass is 216 g/mol. The summed E-state index contributed by atoms with van der Waals surface area (Å²) in [5.41, 5.74) is 1.59. The molecule has 16 heavy (non-hydrogen) atoms. The van der Waals surface area contributed by atoms with Crippen LogP contribution in [-0.4, -0.2) is 5.11 Å². The van der Waals surface area contributed by atoms with Crippen LogP contribution in [0.15, 0.2) is 42.2 Å². The Bertz CT molecular complexity index is 376. The van der Waals surface area contributed by atoms with E-state index in [1.807, 2.05) is 12.1 Å². The van der Waals surface area contributed by atoms with E-state index in [1.54, 1.807) is 0 Å². The summed E-state index contributed by atoms with van der Waals surface area (Å²) in [6, 6.07) is 10.5. The topological polar surface area (TPSA) is 20.2 Å². The first-order valence-corrected chi connectivity index (χ1v) is 5.99. The van der Waals surface area contributed by atoms with E-state index >= 15 is 0 Å². The van der Waals surface area contributed by atoms with E-state index in [2.05, 4.69) is 38.1 Å². The van der Waals surface area contributed by atoms with Crippen molar-refractivity contribution >= 4 is 0 Å². The molecule has 1 atom stereocenters. The second kappa shape index (κ2) is 4.32. The molecule has 1 aromatic rings. The minimum absolute atomic E-state index is 0.234. The maximum absolute atomic E-state index is 9.75. The Morgan fingerprint density at radius 3 is 2.56 bits per heavy atom. The maximum Gasteiger partial charge on any atom is 0.0891 e. The molecular formula is C15H20O. The zero-order chi connectivity index (χ0) is 11.6. The lowest BCUT2D eigenvalue weighted by Gasteiger charge is -2.32. The van der Waals surface area contributed by atoms with Gasteiger partial charge in [-0.05, 0) is 35.8 Å². The zero-order valence-electron chi connectivity index (χ0n) is 10.1. The lowest BCUT2D eigenvalue weighted by Crippen LogP contribution is -2.23. The van der Waals surface area contributed by atoms with Crippen LogP contribution in [-0.2, 0) is 6.42 Å². The summed E-state index contributed by atoms with van der Waals surface area (Å²) in [7, 11) is 0. The van der Waals surface area contributed by atoms with Crippen molar-refractivity contribution in [2.24, 2.45) is 11.3 Å². The molecule has 1 aliphatic carbocycles. The SMILES string of the molecule is CC1(C)CC(O)=CC(Cc2ccccc2)C1. The summed E-state index contributed by atoms with van der Waals surface area (Å²) in [5.74, 6) is 1.04. The van der Waals surface area contributed by atoms with E-state index in [1.165, 1.54) is 5.56 Å². The first kappa shape index (κ1) is 11.3. The Kier molecular flexibility index (Phi) is 3.04. The van der Waals surface area contributed by atoms with Gasteiger partial charge in [0.15, 0.2) is 0 Å². The molecule has 86 valence electrons. The van der Waals surface area contributed by atoms with Crippen molar-refractivity contribution in [3.05, 3.63) is 47.7 Å². The second-order valence-electron chi connectivity index (χ2n) is 5.65. The van der Waals surface area contributed by atoms with Crippen LogP contribution < -0.4 is 0 Å². The summed E-state index contributed by atoms with van der Waals surface area (Å²) < 4.78 is 0. The Labute approximate surface area is 97.8 Å². The first-order valence-electron chi connectivity index (χ1n) is 5.99. The molecule has 1 unspecified atom stereocenters. The van der Waals surface area contributed by atoms with Crippen molar-refractivity contribution in [2.75, 3.05) is 0 Å². The predicted octanol–water partition coefficient (Wildman–Crippen LogP) is 4.11. The molecule has 0 spiro atoms. The fourth-order valence-electron chi connectivity index (χ4n) is 2.71. The molecule has 0 bridgehead atoms. The second-order valence-corrected chi connectivity index (χ2v) is 5.65. The Morgan fingerprint density at radius 1 is 1.25 bits per heavy atom. The highest BCUT2D eigenvalue weighted by Crippen LogP contribution is 2.38. The van der Waals surface area contributed by atoms with Gasteiger partial charge in [0.1, 0.15) is 0 Å². The van der Waals surface area contributed by atoms with Crippen molar-refractivity contribution in [3.8, 4) is 0 Å². The summed E-state index contributed by atoms with van der Waals surface area (Å²) in [4.78, 5) is 0. The lowest BCUT2D eigenvalue weighted by atomic mass is 9.73. The van der Waals surface area contributed by atoms with Gasteiger partial charge in [0.25, 0.3) is 0 Å². The van der Waals surface area contributed by atoms with E-state index in [9.17, 15) is 5.11 Å². The zero-order valence-corrected chi connectivity index (χ0v) is 10.1. The number of hydrogen-bond acceptors (Lipinski definition) is 1. The fourth-order valence-corrected chi connectivity index (χ4v) is 2.71. The standard InChI is InChI=1S/C15H20O/c1-15(2)10-13(9-14(16)11-15)8-12-6-4-3-5-7-12/h3-7,9,13,16H,8,10-11H2,1-2H3. The minimum Gasteiger partial charge on any atom is -0.513 e. The molecule has 1 heteroatoms. The van der Waals surface area contributed by atoms with Crippen molar-refractivity contribution in [3.63, 3.8) is 0 Å². The minimum atomic E-state index is 0.234. The molecule has 2 rings (SSSR count). The molecule has 0 saturated heterocycles. The average molecular weight is 216 g/mol. The number of benzene rings is 1. The molecule has 0 aliphatic heterocycles. The highest BCUT2D eigenvalue weighted by atomic mass is 16.3. The molecule has 0 heterocycles. The van der Waals surface area contributed by atoms with E-state index in [0.717, 1.165) is 19.3 Å². The van der Waals surface area contributed by atoms with Gasteiger partial charge in [-0.15, -0.1) is 0 Å².